The molecule has 2 aliphatic heterocycles. The van der Waals surface area contributed by atoms with E-state index in [1.165, 1.54) is 6.92 Å². The minimum atomic E-state index is -1.50. The van der Waals surface area contributed by atoms with Crippen molar-refractivity contribution in [1.29, 1.82) is 0 Å². The van der Waals surface area contributed by atoms with E-state index < -0.39 is 28.7 Å². The molecule has 2 saturated heterocycles. The van der Waals surface area contributed by atoms with Crippen molar-refractivity contribution in [2.75, 3.05) is 26.2 Å². The number of carbonyl (C=O) groups excluding carboxylic acids is 2. The van der Waals surface area contributed by atoms with Crippen molar-refractivity contribution in [1.82, 2.24) is 10.6 Å². The fourth-order valence-corrected chi connectivity index (χ4v) is 4.54. The van der Waals surface area contributed by atoms with Gasteiger partial charge < -0.3 is 25.2 Å². The topological polar surface area (TPSA) is 96.9 Å². The summed E-state index contributed by atoms with van der Waals surface area (Å²) in [5.41, 5.74) is -2.68. The molecule has 2 heterocycles. The summed E-state index contributed by atoms with van der Waals surface area (Å²) in [6, 6.07) is 0. The number of hydrogen-bond acceptors (Lipinski definition) is 7. The van der Waals surface area contributed by atoms with E-state index in [0.717, 1.165) is 51.9 Å². The van der Waals surface area contributed by atoms with Crippen molar-refractivity contribution < 1.29 is 24.2 Å². The molecule has 29 heavy (non-hydrogen) atoms. The fraction of sp³-hybridized carbons (Fsp3) is 0.909. The second-order valence-corrected chi connectivity index (χ2v) is 10.1. The quantitative estimate of drug-likeness (QED) is 0.526. The standard InChI is InChI=1S/C22H40N2O5/c1-20(2,16-6-10-23-11-7-16)28-18(25)14-22(5,27)15-19(26)29-21(3,4)17-8-12-24-13-9-17/h16-17,23-24,27H,6-15H2,1-5H3. The monoisotopic (exact) mass is 412 g/mol. The highest BCUT2D eigenvalue weighted by Gasteiger charge is 2.39. The molecule has 0 saturated carbocycles. The van der Waals surface area contributed by atoms with Crippen molar-refractivity contribution in [3.63, 3.8) is 0 Å². The van der Waals surface area contributed by atoms with E-state index in [-0.39, 0.29) is 24.7 Å². The van der Waals surface area contributed by atoms with Gasteiger partial charge in [-0.3, -0.25) is 9.59 Å². The molecule has 0 aliphatic carbocycles. The summed E-state index contributed by atoms with van der Waals surface area (Å²) < 4.78 is 11.4. The van der Waals surface area contributed by atoms with Gasteiger partial charge in [0.15, 0.2) is 0 Å². The first-order chi connectivity index (χ1) is 13.4. The van der Waals surface area contributed by atoms with Gasteiger partial charge in [0.2, 0.25) is 0 Å². The van der Waals surface area contributed by atoms with E-state index in [0.29, 0.717) is 0 Å². The predicted molar refractivity (Wildman–Crippen MR) is 111 cm³/mol. The average Bonchev–Trinajstić information content (AvgIpc) is 2.61. The lowest BCUT2D eigenvalue weighted by Crippen LogP contribution is -2.45. The van der Waals surface area contributed by atoms with Crippen LogP contribution in [0.15, 0.2) is 0 Å². The van der Waals surface area contributed by atoms with Crippen LogP contribution in [0, 0.1) is 11.8 Å². The third-order valence-corrected chi connectivity index (χ3v) is 6.45. The molecule has 7 nitrogen and oxygen atoms in total. The highest BCUT2D eigenvalue weighted by atomic mass is 16.6. The molecular formula is C22H40N2O5. The van der Waals surface area contributed by atoms with Gasteiger partial charge in [-0.15, -0.1) is 0 Å². The summed E-state index contributed by atoms with van der Waals surface area (Å²) in [5, 5.41) is 17.3. The Labute approximate surface area is 175 Å². The van der Waals surface area contributed by atoms with Gasteiger partial charge >= 0.3 is 11.9 Å². The van der Waals surface area contributed by atoms with Crippen LogP contribution in [-0.4, -0.2) is 60.0 Å². The van der Waals surface area contributed by atoms with Crippen LogP contribution in [0.1, 0.15) is 73.1 Å². The van der Waals surface area contributed by atoms with Crippen LogP contribution in [0.25, 0.3) is 0 Å². The van der Waals surface area contributed by atoms with Crippen molar-refractivity contribution >= 4 is 11.9 Å². The Bertz CT molecular complexity index is 514. The molecule has 0 aromatic rings. The fourth-order valence-electron chi connectivity index (χ4n) is 4.54. The molecule has 0 amide bonds. The lowest BCUT2D eigenvalue weighted by molar-refractivity contribution is -0.173. The Balaban J connectivity index is 1.84. The summed E-state index contributed by atoms with van der Waals surface area (Å²) in [5.74, 6) is -0.394. The Hall–Kier alpha value is -1.18. The SMILES string of the molecule is CC(O)(CC(=O)OC(C)(C)C1CCNCC1)CC(=O)OC(C)(C)C1CCNCC1. The highest BCUT2D eigenvalue weighted by molar-refractivity contribution is 5.75. The molecule has 2 aliphatic rings. The van der Waals surface area contributed by atoms with Gasteiger partial charge in [0, 0.05) is 11.8 Å². The second kappa shape index (κ2) is 9.75. The lowest BCUT2D eigenvalue weighted by Gasteiger charge is -2.38. The molecule has 0 spiro atoms. The molecule has 0 atom stereocenters. The number of carbonyl (C=O) groups is 2. The summed E-state index contributed by atoms with van der Waals surface area (Å²) in [7, 11) is 0. The maximum absolute atomic E-state index is 12.5. The van der Waals surface area contributed by atoms with Crippen LogP contribution in [-0.2, 0) is 19.1 Å². The number of esters is 2. The zero-order valence-electron chi connectivity index (χ0n) is 18.8. The number of ether oxygens (including phenoxy) is 2. The number of aliphatic hydroxyl groups is 1. The minimum Gasteiger partial charge on any atom is -0.459 e. The first kappa shape index (κ1) is 24.1. The summed E-state index contributed by atoms with van der Waals surface area (Å²) in [6.45, 7) is 12.9. The molecule has 2 rings (SSSR count). The minimum absolute atomic E-state index is 0.232. The van der Waals surface area contributed by atoms with E-state index in [1.54, 1.807) is 0 Å². The van der Waals surface area contributed by atoms with Crippen LogP contribution in [0.2, 0.25) is 0 Å². The average molecular weight is 413 g/mol. The molecular weight excluding hydrogens is 372 g/mol. The summed E-state index contributed by atoms with van der Waals surface area (Å²) in [4.78, 5) is 24.9. The van der Waals surface area contributed by atoms with Crippen molar-refractivity contribution in [3.05, 3.63) is 0 Å². The molecule has 7 heteroatoms. The molecule has 3 N–H and O–H groups in total. The van der Waals surface area contributed by atoms with Crippen LogP contribution in [0.3, 0.4) is 0 Å². The third kappa shape index (κ3) is 7.54. The van der Waals surface area contributed by atoms with E-state index in [9.17, 15) is 14.7 Å². The summed E-state index contributed by atoms with van der Waals surface area (Å²) in [6.07, 6.45) is 3.35. The second-order valence-electron chi connectivity index (χ2n) is 10.1. The van der Waals surface area contributed by atoms with E-state index in [2.05, 4.69) is 10.6 Å². The Morgan fingerprint density at radius 2 is 1.07 bits per heavy atom. The van der Waals surface area contributed by atoms with Gasteiger partial charge in [0.05, 0.1) is 18.4 Å². The molecule has 168 valence electrons. The highest BCUT2D eigenvalue weighted by Crippen LogP contribution is 2.32. The number of nitrogens with one attached hydrogen (secondary N) is 2. The van der Waals surface area contributed by atoms with Gasteiger partial charge in [-0.2, -0.15) is 0 Å². The molecule has 0 radical (unpaired) electrons. The van der Waals surface area contributed by atoms with Gasteiger partial charge in [0.1, 0.15) is 11.2 Å². The van der Waals surface area contributed by atoms with Gasteiger partial charge in [-0.05, 0) is 86.5 Å². The first-order valence-corrected chi connectivity index (χ1v) is 11.0. The van der Waals surface area contributed by atoms with Crippen molar-refractivity contribution in [3.8, 4) is 0 Å². The maximum atomic E-state index is 12.5. The normalized spacial score (nSPS) is 20.3. The van der Waals surface area contributed by atoms with E-state index >= 15 is 0 Å². The van der Waals surface area contributed by atoms with Crippen LogP contribution in [0.5, 0.6) is 0 Å². The Kier molecular flexibility index (Phi) is 8.10. The molecule has 0 bridgehead atoms. The molecule has 0 aromatic heterocycles. The van der Waals surface area contributed by atoms with Gasteiger partial charge in [0.25, 0.3) is 0 Å². The van der Waals surface area contributed by atoms with Crippen molar-refractivity contribution in [2.45, 2.75) is 89.9 Å². The Morgan fingerprint density at radius 3 is 1.38 bits per heavy atom. The third-order valence-electron chi connectivity index (χ3n) is 6.45. The zero-order chi connectivity index (χ0) is 21.7. The molecule has 2 fully saturated rings. The van der Waals surface area contributed by atoms with Crippen molar-refractivity contribution in [2.24, 2.45) is 11.8 Å². The van der Waals surface area contributed by atoms with Gasteiger partial charge in [-0.1, -0.05) is 0 Å². The Morgan fingerprint density at radius 1 is 0.759 bits per heavy atom. The smallest absolute Gasteiger partial charge is 0.309 e. The van der Waals surface area contributed by atoms with Crippen LogP contribution in [0.4, 0.5) is 0 Å². The number of hydrogen-bond donors (Lipinski definition) is 3. The predicted octanol–water partition coefficient (Wildman–Crippen LogP) is 2.16. The lowest BCUT2D eigenvalue weighted by atomic mass is 9.83. The van der Waals surface area contributed by atoms with Crippen LogP contribution < -0.4 is 10.6 Å². The van der Waals surface area contributed by atoms with Gasteiger partial charge in [-0.25, -0.2) is 0 Å². The van der Waals surface area contributed by atoms with Crippen LogP contribution >= 0.6 is 0 Å². The summed E-state index contributed by atoms with van der Waals surface area (Å²) >= 11 is 0. The zero-order valence-corrected chi connectivity index (χ0v) is 18.8. The maximum Gasteiger partial charge on any atom is 0.309 e. The molecule has 0 aromatic carbocycles. The first-order valence-electron chi connectivity index (χ1n) is 11.0. The number of piperidine rings is 2. The largest absolute Gasteiger partial charge is 0.459 e. The number of rotatable bonds is 8. The molecule has 0 unspecified atom stereocenters. The van der Waals surface area contributed by atoms with E-state index in [1.807, 2.05) is 27.7 Å². The van der Waals surface area contributed by atoms with E-state index in [4.69, 9.17) is 9.47 Å².